The van der Waals surface area contributed by atoms with Gasteiger partial charge in [0.2, 0.25) is 0 Å². The molecular formula is C8H8F2O2. The molecule has 0 heterocycles. The van der Waals surface area contributed by atoms with Crippen molar-refractivity contribution in [3.8, 4) is 0 Å². The van der Waals surface area contributed by atoms with E-state index in [9.17, 15) is 13.6 Å². The van der Waals surface area contributed by atoms with Crippen molar-refractivity contribution in [2.45, 2.75) is 13.1 Å². The van der Waals surface area contributed by atoms with E-state index in [0.717, 1.165) is 19.1 Å². The second-order valence-corrected chi connectivity index (χ2v) is 2.81. The molecule has 2 unspecified atom stereocenters. The van der Waals surface area contributed by atoms with Crippen molar-refractivity contribution in [2.75, 3.05) is 0 Å². The Balaban J connectivity index is 3.10. The summed E-state index contributed by atoms with van der Waals surface area (Å²) in [6, 6.07) is 0. The molecule has 4 heteroatoms. The number of alkyl halides is 1. The van der Waals surface area contributed by atoms with E-state index >= 15 is 0 Å². The molecule has 2 atom stereocenters. The van der Waals surface area contributed by atoms with Gasteiger partial charge in [0.15, 0.2) is 5.41 Å². The van der Waals surface area contributed by atoms with Gasteiger partial charge in [-0.3, -0.25) is 4.79 Å². The minimum atomic E-state index is -2.05. The van der Waals surface area contributed by atoms with E-state index in [0.29, 0.717) is 0 Å². The van der Waals surface area contributed by atoms with Gasteiger partial charge in [-0.2, -0.15) is 0 Å². The molecule has 0 saturated heterocycles. The van der Waals surface area contributed by atoms with E-state index in [1.165, 1.54) is 6.08 Å². The first-order chi connectivity index (χ1) is 5.49. The van der Waals surface area contributed by atoms with Gasteiger partial charge >= 0.3 is 5.97 Å². The van der Waals surface area contributed by atoms with Gasteiger partial charge in [0.05, 0.1) is 0 Å². The molecule has 2 nitrogen and oxygen atoms in total. The minimum absolute atomic E-state index is 0.954. The first kappa shape index (κ1) is 8.90. The second-order valence-electron chi connectivity index (χ2n) is 2.81. The summed E-state index contributed by atoms with van der Waals surface area (Å²) in [5.74, 6) is -2.45. The molecule has 0 bridgehead atoms. The van der Waals surface area contributed by atoms with Crippen LogP contribution in [-0.2, 0) is 4.79 Å². The van der Waals surface area contributed by atoms with Gasteiger partial charge in [-0.05, 0) is 19.1 Å². The third kappa shape index (κ3) is 1.03. The van der Waals surface area contributed by atoms with Crippen molar-refractivity contribution in [3.05, 3.63) is 24.1 Å². The van der Waals surface area contributed by atoms with Crippen LogP contribution >= 0.6 is 0 Å². The minimum Gasteiger partial charge on any atom is -0.480 e. The van der Waals surface area contributed by atoms with Crippen LogP contribution in [0.5, 0.6) is 0 Å². The highest BCUT2D eigenvalue weighted by Crippen LogP contribution is 2.37. The molecule has 0 aromatic rings. The van der Waals surface area contributed by atoms with Crippen LogP contribution < -0.4 is 0 Å². The van der Waals surface area contributed by atoms with Crippen molar-refractivity contribution in [3.63, 3.8) is 0 Å². The fourth-order valence-corrected chi connectivity index (χ4v) is 0.955. The first-order valence-electron chi connectivity index (χ1n) is 3.41. The molecule has 1 rings (SSSR count). The Labute approximate surface area is 68.2 Å². The standard InChI is InChI=1S/C8H8F2O2/c1-8(7(11)12)5(9)3-2-4-6(8)10/h2-5H,1H3,(H,11,12). The van der Waals surface area contributed by atoms with E-state index in [1.54, 1.807) is 0 Å². The molecule has 1 N–H and O–H groups in total. The molecule has 0 amide bonds. The molecule has 0 saturated carbocycles. The Morgan fingerprint density at radius 2 is 2.33 bits per heavy atom. The molecule has 0 spiro atoms. The van der Waals surface area contributed by atoms with Crippen LogP contribution in [0.15, 0.2) is 24.1 Å². The topological polar surface area (TPSA) is 37.3 Å². The highest BCUT2D eigenvalue weighted by molar-refractivity contribution is 5.79. The van der Waals surface area contributed by atoms with Crippen LogP contribution in [0, 0.1) is 5.41 Å². The summed E-state index contributed by atoms with van der Waals surface area (Å²) >= 11 is 0. The molecule has 0 fully saturated rings. The molecular weight excluding hydrogens is 166 g/mol. The molecule has 0 aromatic carbocycles. The molecule has 66 valence electrons. The Morgan fingerprint density at radius 3 is 2.67 bits per heavy atom. The number of carboxylic acids is 1. The summed E-state index contributed by atoms with van der Waals surface area (Å²) in [4.78, 5) is 10.5. The summed E-state index contributed by atoms with van der Waals surface area (Å²) in [5.41, 5.74) is -2.05. The molecule has 12 heavy (non-hydrogen) atoms. The second kappa shape index (κ2) is 2.69. The monoisotopic (exact) mass is 174 g/mol. The lowest BCUT2D eigenvalue weighted by molar-refractivity contribution is -0.149. The van der Waals surface area contributed by atoms with E-state index in [4.69, 9.17) is 5.11 Å². The van der Waals surface area contributed by atoms with E-state index < -0.39 is 23.4 Å². The smallest absolute Gasteiger partial charge is 0.319 e. The predicted octanol–water partition coefficient (Wildman–Crippen LogP) is 1.84. The fourth-order valence-electron chi connectivity index (χ4n) is 0.955. The lowest BCUT2D eigenvalue weighted by Gasteiger charge is -2.26. The van der Waals surface area contributed by atoms with Crippen LogP contribution in [0.3, 0.4) is 0 Å². The normalized spacial score (nSPS) is 34.6. The number of hydrogen-bond donors (Lipinski definition) is 1. The number of allylic oxidation sites excluding steroid dienone is 3. The van der Waals surface area contributed by atoms with E-state index in [-0.39, 0.29) is 0 Å². The maximum atomic E-state index is 13.0. The summed E-state index contributed by atoms with van der Waals surface area (Å²) in [6.07, 6.45) is 1.35. The number of hydrogen-bond acceptors (Lipinski definition) is 1. The van der Waals surface area contributed by atoms with Crippen molar-refractivity contribution in [1.82, 2.24) is 0 Å². The highest BCUT2D eigenvalue weighted by atomic mass is 19.1. The van der Waals surface area contributed by atoms with Crippen molar-refractivity contribution in [2.24, 2.45) is 5.41 Å². The van der Waals surface area contributed by atoms with Crippen molar-refractivity contribution < 1.29 is 18.7 Å². The van der Waals surface area contributed by atoms with Gasteiger partial charge in [-0.1, -0.05) is 6.08 Å². The Kier molecular flexibility index (Phi) is 2.00. The Hall–Kier alpha value is -1.19. The SMILES string of the molecule is CC1(C(=O)O)C(F)=CC=CC1F. The quantitative estimate of drug-likeness (QED) is 0.658. The third-order valence-electron chi connectivity index (χ3n) is 2.01. The zero-order valence-electron chi connectivity index (χ0n) is 6.42. The van der Waals surface area contributed by atoms with Gasteiger partial charge in [-0.25, -0.2) is 8.78 Å². The number of rotatable bonds is 1. The van der Waals surface area contributed by atoms with Crippen LogP contribution in [0.4, 0.5) is 8.78 Å². The van der Waals surface area contributed by atoms with Crippen LogP contribution in [0.2, 0.25) is 0 Å². The molecule has 0 aliphatic heterocycles. The molecule has 1 aliphatic carbocycles. The molecule has 0 radical (unpaired) electrons. The number of carbonyl (C=O) groups is 1. The first-order valence-corrected chi connectivity index (χ1v) is 3.41. The average Bonchev–Trinajstić information content (AvgIpc) is 1.99. The van der Waals surface area contributed by atoms with Gasteiger partial charge < -0.3 is 5.11 Å². The van der Waals surface area contributed by atoms with Gasteiger partial charge in [0.1, 0.15) is 12.0 Å². The lowest BCUT2D eigenvalue weighted by atomic mass is 9.81. The number of carboxylic acid groups (broad SMARTS) is 1. The summed E-state index contributed by atoms with van der Waals surface area (Å²) in [7, 11) is 0. The zero-order valence-corrected chi connectivity index (χ0v) is 6.42. The van der Waals surface area contributed by atoms with E-state index in [1.807, 2.05) is 0 Å². The largest absolute Gasteiger partial charge is 0.480 e. The van der Waals surface area contributed by atoms with Gasteiger partial charge in [0.25, 0.3) is 0 Å². The predicted molar refractivity (Wildman–Crippen MR) is 39.0 cm³/mol. The number of aliphatic carboxylic acids is 1. The van der Waals surface area contributed by atoms with Crippen LogP contribution in [-0.4, -0.2) is 17.2 Å². The van der Waals surface area contributed by atoms with Crippen LogP contribution in [0.25, 0.3) is 0 Å². The third-order valence-corrected chi connectivity index (χ3v) is 2.01. The number of halogens is 2. The van der Waals surface area contributed by atoms with Crippen molar-refractivity contribution in [1.29, 1.82) is 0 Å². The maximum absolute atomic E-state index is 13.0. The Bertz CT molecular complexity index is 270. The van der Waals surface area contributed by atoms with Crippen molar-refractivity contribution >= 4 is 5.97 Å². The highest BCUT2D eigenvalue weighted by Gasteiger charge is 2.46. The summed E-state index contributed by atoms with van der Waals surface area (Å²) < 4.78 is 25.9. The van der Waals surface area contributed by atoms with E-state index in [2.05, 4.69) is 0 Å². The van der Waals surface area contributed by atoms with Crippen LogP contribution in [0.1, 0.15) is 6.92 Å². The van der Waals surface area contributed by atoms with Gasteiger partial charge in [0, 0.05) is 0 Å². The average molecular weight is 174 g/mol. The Morgan fingerprint density at radius 1 is 1.75 bits per heavy atom. The summed E-state index contributed by atoms with van der Waals surface area (Å²) in [5, 5.41) is 8.58. The van der Waals surface area contributed by atoms with Gasteiger partial charge in [-0.15, -0.1) is 0 Å². The summed E-state index contributed by atoms with van der Waals surface area (Å²) in [6.45, 7) is 1.02. The fraction of sp³-hybridized carbons (Fsp3) is 0.375. The molecule has 0 aromatic heterocycles. The molecule has 1 aliphatic rings. The zero-order chi connectivity index (χ0) is 9.35. The maximum Gasteiger partial charge on any atom is 0.319 e. The lowest BCUT2D eigenvalue weighted by Crippen LogP contribution is -2.38.